The van der Waals surface area contributed by atoms with Gasteiger partial charge in [0.25, 0.3) is 0 Å². The van der Waals surface area contributed by atoms with Gasteiger partial charge in [-0.2, -0.15) is 0 Å². The first-order valence-corrected chi connectivity index (χ1v) is 25.1. The molecule has 0 aliphatic carbocycles. The average molecular weight is 764 g/mol. The molecule has 1 fully saturated rings. The Morgan fingerprint density at radius 1 is 0.827 bits per heavy atom. The first kappa shape index (κ1) is 47.2. The lowest BCUT2D eigenvalue weighted by Gasteiger charge is -2.41. The molecule has 0 spiro atoms. The molecule has 2 N–H and O–H groups in total. The second-order valence-electron chi connectivity index (χ2n) is 17.7. The molecule has 1 aliphatic rings. The van der Waals surface area contributed by atoms with Crippen molar-refractivity contribution in [3.05, 3.63) is 30.3 Å². The Morgan fingerprint density at radius 3 is 1.73 bits per heavy atom. The highest BCUT2D eigenvalue weighted by atomic mass is 32.2. The van der Waals surface area contributed by atoms with Gasteiger partial charge in [0.1, 0.15) is 10.9 Å². The van der Waals surface area contributed by atoms with Crippen molar-refractivity contribution in [3.63, 3.8) is 0 Å². The summed E-state index contributed by atoms with van der Waals surface area (Å²) in [6, 6.07) is 10.3. The van der Waals surface area contributed by atoms with Crippen molar-refractivity contribution in [1.29, 1.82) is 0 Å². The predicted molar refractivity (Wildman–Crippen MR) is 225 cm³/mol. The van der Waals surface area contributed by atoms with Gasteiger partial charge in [0.2, 0.25) is 0 Å². The van der Waals surface area contributed by atoms with Crippen LogP contribution in [0.25, 0.3) is 0 Å². The summed E-state index contributed by atoms with van der Waals surface area (Å²) in [6.07, 6.45) is 23.2. The molecule has 302 valence electrons. The summed E-state index contributed by atoms with van der Waals surface area (Å²) in [5, 5.41) is 21.1. The van der Waals surface area contributed by atoms with E-state index >= 15 is 0 Å². The Kier molecular flexibility index (Phi) is 23.0. The maximum Gasteiger partial charge on any atom is 0.323 e. The number of carbonyl (C=O) groups is 1. The quantitative estimate of drug-likeness (QED) is 0.0459. The third-order valence-corrected chi connectivity index (χ3v) is 17.4. The van der Waals surface area contributed by atoms with E-state index in [4.69, 9.17) is 9.16 Å². The zero-order valence-corrected chi connectivity index (χ0v) is 36.8. The summed E-state index contributed by atoms with van der Waals surface area (Å²) < 4.78 is 12.2. The Labute approximate surface area is 326 Å². The van der Waals surface area contributed by atoms with E-state index in [0.717, 1.165) is 49.8 Å². The summed E-state index contributed by atoms with van der Waals surface area (Å²) in [5.74, 6) is -0.0830. The van der Waals surface area contributed by atoms with Crippen molar-refractivity contribution in [2.45, 2.75) is 222 Å². The van der Waals surface area contributed by atoms with E-state index in [9.17, 15) is 15.0 Å². The molecule has 52 heavy (non-hydrogen) atoms. The number of esters is 1. The van der Waals surface area contributed by atoms with Crippen molar-refractivity contribution in [2.24, 2.45) is 0 Å². The number of rotatable bonds is 30. The molecule has 1 unspecified atom stereocenters. The van der Waals surface area contributed by atoms with Crippen LogP contribution in [0.2, 0.25) is 18.1 Å². The SMILES string of the molecule is CCCCCCCCCC[C@@H](O)CN(C)C[C@H](O)CCCCCCCCCC[C@H](CC1(Sc2ccccc2)C[C@H](C)OC1=O)O[Si](C)(C)C(C)(C)C. The number of ether oxygens (including phenoxy) is 1. The lowest BCUT2D eigenvalue weighted by atomic mass is 9.94. The number of nitrogens with zero attached hydrogens (tertiary/aromatic N) is 1. The number of cyclic esters (lactones) is 1. The maximum absolute atomic E-state index is 13.4. The zero-order chi connectivity index (χ0) is 38.5. The van der Waals surface area contributed by atoms with Gasteiger partial charge in [-0.1, -0.05) is 149 Å². The lowest BCUT2D eigenvalue weighted by molar-refractivity contribution is -0.143. The van der Waals surface area contributed by atoms with Gasteiger partial charge in [0, 0.05) is 30.5 Å². The fourth-order valence-corrected chi connectivity index (χ4v) is 10.2. The summed E-state index contributed by atoms with van der Waals surface area (Å²) in [4.78, 5) is 16.6. The van der Waals surface area contributed by atoms with Crippen LogP contribution in [-0.4, -0.2) is 78.7 Å². The van der Waals surface area contributed by atoms with Crippen LogP contribution in [0.4, 0.5) is 0 Å². The molecular formula is C44H81NO5SSi. The lowest BCUT2D eigenvalue weighted by Crippen LogP contribution is -2.46. The molecule has 1 aromatic rings. The summed E-state index contributed by atoms with van der Waals surface area (Å²) >= 11 is 1.67. The fraction of sp³-hybridized carbons (Fsp3) is 0.841. The maximum atomic E-state index is 13.4. The smallest absolute Gasteiger partial charge is 0.323 e. The molecule has 5 atom stereocenters. The molecule has 0 aromatic heterocycles. The van der Waals surface area contributed by atoms with Crippen LogP contribution in [0.5, 0.6) is 0 Å². The summed E-state index contributed by atoms with van der Waals surface area (Å²) in [7, 11) is -0.00746. The van der Waals surface area contributed by atoms with Gasteiger partial charge >= 0.3 is 5.97 Å². The van der Waals surface area contributed by atoms with E-state index in [1.165, 1.54) is 83.5 Å². The molecule has 1 aromatic carbocycles. The number of aliphatic hydroxyl groups is 2. The van der Waals surface area contributed by atoms with Crippen LogP contribution in [0, 0.1) is 0 Å². The van der Waals surface area contributed by atoms with Gasteiger partial charge in [-0.25, -0.2) is 0 Å². The molecule has 6 nitrogen and oxygen atoms in total. The summed E-state index contributed by atoms with van der Waals surface area (Å²) in [5.41, 5.74) is 0. The number of hydrogen-bond acceptors (Lipinski definition) is 7. The predicted octanol–water partition coefficient (Wildman–Crippen LogP) is 11.7. The van der Waals surface area contributed by atoms with Crippen molar-refractivity contribution in [2.75, 3.05) is 20.1 Å². The third-order valence-electron chi connectivity index (χ3n) is 11.4. The highest BCUT2D eigenvalue weighted by Gasteiger charge is 2.51. The topological polar surface area (TPSA) is 79.2 Å². The van der Waals surface area contributed by atoms with Crippen molar-refractivity contribution < 1.29 is 24.2 Å². The number of aliphatic hydroxyl groups excluding tert-OH is 2. The minimum Gasteiger partial charge on any atom is -0.462 e. The molecule has 1 aliphatic heterocycles. The van der Waals surface area contributed by atoms with Crippen molar-refractivity contribution >= 4 is 26.0 Å². The third kappa shape index (κ3) is 19.1. The number of likely N-dealkylation sites (N-methyl/N-ethyl adjacent to an activating group) is 1. The number of unbranched alkanes of at least 4 members (excludes halogenated alkanes) is 14. The molecular weight excluding hydrogens is 683 g/mol. The van der Waals surface area contributed by atoms with E-state index < -0.39 is 13.1 Å². The van der Waals surface area contributed by atoms with Crippen LogP contribution in [0.1, 0.15) is 169 Å². The number of thioether (sulfide) groups is 1. The van der Waals surface area contributed by atoms with E-state index in [1.807, 2.05) is 32.2 Å². The molecule has 8 heteroatoms. The minimum atomic E-state index is -2.03. The molecule has 0 saturated carbocycles. The van der Waals surface area contributed by atoms with Gasteiger partial charge in [-0.3, -0.25) is 4.79 Å². The highest BCUT2D eigenvalue weighted by Crippen LogP contribution is 2.48. The first-order valence-electron chi connectivity index (χ1n) is 21.3. The monoisotopic (exact) mass is 764 g/mol. The van der Waals surface area contributed by atoms with Crippen LogP contribution in [0.15, 0.2) is 35.2 Å². The number of hydrogen-bond donors (Lipinski definition) is 2. The summed E-state index contributed by atoms with van der Waals surface area (Å²) in [6.45, 7) is 17.1. The number of carbonyl (C=O) groups excluding carboxylic acids is 1. The fourth-order valence-electron chi connectivity index (χ4n) is 7.35. The van der Waals surface area contributed by atoms with E-state index in [1.54, 1.807) is 11.8 Å². The Balaban J connectivity index is 1.66. The van der Waals surface area contributed by atoms with Gasteiger partial charge in [0.15, 0.2) is 8.32 Å². The van der Waals surface area contributed by atoms with Crippen LogP contribution < -0.4 is 0 Å². The van der Waals surface area contributed by atoms with E-state index in [0.29, 0.717) is 19.5 Å². The number of benzene rings is 1. The Bertz CT molecular complexity index is 1070. The zero-order valence-electron chi connectivity index (χ0n) is 34.9. The van der Waals surface area contributed by atoms with Gasteiger partial charge in [0.05, 0.1) is 12.2 Å². The highest BCUT2D eigenvalue weighted by molar-refractivity contribution is 8.01. The molecule has 2 rings (SSSR count). The molecule has 0 radical (unpaired) electrons. The molecule has 0 amide bonds. The van der Waals surface area contributed by atoms with Crippen molar-refractivity contribution in [3.8, 4) is 0 Å². The first-order chi connectivity index (χ1) is 24.7. The standard InChI is InChI=1S/C44H81NO5SSi/c1-9-10-11-12-13-16-19-23-28-38(46)35-45(6)36-39(47)29-24-20-17-14-15-18-21-25-30-40(50-52(7,8)43(3,4)5)34-44(33-37(2)49-42(44)48)51-41-31-26-22-27-32-41/h22,26-27,31-32,37-40,46-47H,9-21,23-25,28-30,33-36H2,1-8H3/t37-,38+,39+,40+,44?/m0/s1. The minimum absolute atomic E-state index is 0.0404. The van der Waals surface area contributed by atoms with Crippen LogP contribution in [-0.2, 0) is 14.0 Å². The largest absolute Gasteiger partial charge is 0.462 e. The van der Waals surface area contributed by atoms with Crippen molar-refractivity contribution in [1.82, 2.24) is 4.90 Å². The molecule has 1 saturated heterocycles. The van der Waals surface area contributed by atoms with Gasteiger partial charge in [-0.15, -0.1) is 11.8 Å². The van der Waals surface area contributed by atoms with E-state index in [2.05, 4.69) is 57.8 Å². The van der Waals surface area contributed by atoms with Gasteiger partial charge in [-0.05, 0) is 69.9 Å². The second-order valence-corrected chi connectivity index (χ2v) is 23.9. The normalized spacial score (nSPS) is 20.0. The van der Waals surface area contributed by atoms with E-state index in [-0.39, 0.29) is 35.4 Å². The Morgan fingerprint density at radius 2 is 1.29 bits per heavy atom. The Hall–Kier alpha value is -0.903. The average Bonchev–Trinajstić information content (AvgIpc) is 3.33. The van der Waals surface area contributed by atoms with Crippen LogP contribution >= 0.6 is 11.8 Å². The van der Waals surface area contributed by atoms with Crippen LogP contribution in [0.3, 0.4) is 0 Å². The molecule has 0 bridgehead atoms. The second kappa shape index (κ2) is 25.3. The van der Waals surface area contributed by atoms with Gasteiger partial charge < -0.3 is 24.3 Å². The molecule has 1 heterocycles.